The molecule has 0 rings (SSSR count). The SMILES string of the molecule is C=CCCC(=O)OC[C@@](C(=O)O)(N(CC(=O)OC(C)(C)C)CC(=O)OC(C)(C)C)C(C)(C)C. The van der Waals surface area contributed by atoms with Crippen LogP contribution in [0.5, 0.6) is 0 Å². The number of carboxylic acids is 1. The second-order valence-corrected chi connectivity index (χ2v) is 10.9. The van der Waals surface area contributed by atoms with E-state index in [0.717, 1.165) is 4.90 Å². The van der Waals surface area contributed by atoms with E-state index in [1.165, 1.54) is 0 Å². The molecule has 0 spiro atoms. The monoisotopic (exact) mass is 471 g/mol. The second kappa shape index (κ2) is 11.6. The molecule has 0 bridgehead atoms. The number of ether oxygens (including phenoxy) is 3. The average Bonchev–Trinajstić information content (AvgIpc) is 2.55. The molecule has 0 fully saturated rings. The third-order valence-corrected chi connectivity index (χ3v) is 4.61. The molecule has 0 aromatic carbocycles. The van der Waals surface area contributed by atoms with Gasteiger partial charge in [-0.25, -0.2) is 0 Å². The first-order valence-corrected chi connectivity index (χ1v) is 10.9. The van der Waals surface area contributed by atoms with E-state index < -0.39 is 65.7 Å². The molecule has 9 nitrogen and oxygen atoms in total. The number of hydrogen-bond acceptors (Lipinski definition) is 8. The molecular formula is C24H41NO8. The van der Waals surface area contributed by atoms with Crippen LogP contribution in [0.3, 0.4) is 0 Å². The van der Waals surface area contributed by atoms with E-state index in [0.29, 0.717) is 6.42 Å². The normalized spacial score (nSPS) is 14.2. The van der Waals surface area contributed by atoms with Gasteiger partial charge in [0.25, 0.3) is 0 Å². The Kier molecular flexibility index (Phi) is 10.8. The van der Waals surface area contributed by atoms with Crippen LogP contribution in [0.2, 0.25) is 0 Å². The summed E-state index contributed by atoms with van der Waals surface area (Å²) in [6.07, 6.45) is 1.95. The standard InChI is InChI=1S/C24H41NO8/c1-11-12-13-17(26)31-16-24(20(29)30,21(2,3)4)25(14-18(27)32-22(5,6)7)15-19(28)33-23(8,9)10/h11H,1,12-16H2,2-10H3,(H,29,30)/t24-/m0/s1. The highest BCUT2D eigenvalue weighted by atomic mass is 16.6. The number of carbonyl (C=O) groups is 4. The Labute approximate surface area is 197 Å². The van der Waals surface area contributed by atoms with E-state index in [4.69, 9.17) is 14.2 Å². The number of allylic oxidation sites excluding steroid dienone is 1. The van der Waals surface area contributed by atoms with Gasteiger partial charge in [-0.05, 0) is 53.4 Å². The molecule has 0 unspecified atom stereocenters. The zero-order valence-electron chi connectivity index (χ0n) is 21.6. The van der Waals surface area contributed by atoms with E-state index in [-0.39, 0.29) is 6.42 Å². The molecule has 0 saturated heterocycles. The number of aliphatic carboxylic acids is 1. The predicted octanol–water partition coefficient (Wildman–Crippen LogP) is 3.35. The van der Waals surface area contributed by atoms with Gasteiger partial charge in [-0.3, -0.25) is 24.1 Å². The molecule has 0 aliphatic rings. The van der Waals surface area contributed by atoms with E-state index in [1.807, 2.05) is 0 Å². The maximum atomic E-state index is 12.7. The lowest BCUT2D eigenvalue weighted by Crippen LogP contribution is -2.67. The summed E-state index contributed by atoms with van der Waals surface area (Å²) in [7, 11) is 0. The molecule has 0 aromatic rings. The predicted molar refractivity (Wildman–Crippen MR) is 123 cm³/mol. The Balaban J connectivity index is 6.32. The quantitative estimate of drug-likeness (QED) is 0.275. The zero-order valence-corrected chi connectivity index (χ0v) is 21.6. The van der Waals surface area contributed by atoms with E-state index >= 15 is 0 Å². The smallest absolute Gasteiger partial charge is 0.328 e. The van der Waals surface area contributed by atoms with Crippen molar-refractivity contribution in [1.82, 2.24) is 4.90 Å². The third kappa shape index (κ3) is 10.4. The largest absolute Gasteiger partial charge is 0.480 e. The van der Waals surface area contributed by atoms with Crippen molar-refractivity contribution in [2.24, 2.45) is 5.41 Å². The van der Waals surface area contributed by atoms with E-state index in [9.17, 15) is 24.3 Å². The summed E-state index contributed by atoms with van der Waals surface area (Å²) in [5.74, 6) is -3.41. The van der Waals surface area contributed by atoms with Crippen molar-refractivity contribution >= 4 is 23.9 Å². The van der Waals surface area contributed by atoms with Crippen LogP contribution in [-0.2, 0) is 33.4 Å². The number of rotatable bonds is 11. The van der Waals surface area contributed by atoms with Crippen LogP contribution in [0.25, 0.3) is 0 Å². The molecule has 190 valence electrons. The van der Waals surface area contributed by atoms with E-state index in [2.05, 4.69) is 6.58 Å². The van der Waals surface area contributed by atoms with Gasteiger partial charge in [0, 0.05) is 6.42 Å². The third-order valence-electron chi connectivity index (χ3n) is 4.61. The lowest BCUT2D eigenvalue weighted by molar-refractivity contribution is -0.181. The van der Waals surface area contributed by atoms with Crippen molar-refractivity contribution in [2.45, 2.75) is 91.9 Å². The van der Waals surface area contributed by atoms with Gasteiger partial charge < -0.3 is 19.3 Å². The first-order valence-electron chi connectivity index (χ1n) is 10.9. The molecule has 1 N–H and O–H groups in total. The molecule has 0 aliphatic carbocycles. The fraction of sp³-hybridized carbons (Fsp3) is 0.750. The van der Waals surface area contributed by atoms with Gasteiger partial charge in [0.05, 0.1) is 13.1 Å². The fourth-order valence-corrected chi connectivity index (χ4v) is 3.16. The van der Waals surface area contributed by atoms with Crippen LogP contribution in [0.1, 0.15) is 75.2 Å². The van der Waals surface area contributed by atoms with Gasteiger partial charge in [-0.15, -0.1) is 6.58 Å². The number of carbonyl (C=O) groups excluding carboxylic acids is 3. The molecule has 1 atom stereocenters. The number of nitrogens with zero attached hydrogens (tertiary/aromatic N) is 1. The average molecular weight is 472 g/mol. The lowest BCUT2D eigenvalue weighted by Gasteiger charge is -2.47. The minimum atomic E-state index is -1.93. The molecule has 33 heavy (non-hydrogen) atoms. The Hall–Kier alpha value is -2.42. The highest BCUT2D eigenvalue weighted by Crippen LogP contribution is 2.37. The van der Waals surface area contributed by atoms with Crippen molar-refractivity contribution in [3.63, 3.8) is 0 Å². The van der Waals surface area contributed by atoms with Crippen molar-refractivity contribution in [3.8, 4) is 0 Å². The maximum absolute atomic E-state index is 12.7. The fourth-order valence-electron chi connectivity index (χ4n) is 3.16. The van der Waals surface area contributed by atoms with Crippen LogP contribution in [0.4, 0.5) is 0 Å². The number of hydrogen-bond donors (Lipinski definition) is 1. The van der Waals surface area contributed by atoms with Gasteiger partial charge in [-0.2, -0.15) is 0 Å². The molecule has 0 aromatic heterocycles. The highest BCUT2D eigenvalue weighted by molar-refractivity contribution is 5.84. The molecule has 0 saturated carbocycles. The Bertz CT molecular complexity index is 694. The lowest BCUT2D eigenvalue weighted by atomic mass is 9.72. The highest BCUT2D eigenvalue weighted by Gasteiger charge is 2.56. The van der Waals surface area contributed by atoms with Crippen LogP contribution in [-0.4, -0.2) is 70.3 Å². The van der Waals surface area contributed by atoms with Gasteiger partial charge in [0.15, 0.2) is 5.54 Å². The Morgan fingerprint density at radius 3 is 1.55 bits per heavy atom. The van der Waals surface area contributed by atoms with E-state index in [1.54, 1.807) is 68.4 Å². The van der Waals surface area contributed by atoms with Crippen LogP contribution in [0.15, 0.2) is 12.7 Å². The molecule has 0 heterocycles. The summed E-state index contributed by atoms with van der Waals surface area (Å²) in [6, 6.07) is 0. The summed E-state index contributed by atoms with van der Waals surface area (Å²) in [5, 5.41) is 10.4. The zero-order chi connectivity index (χ0) is 26.3. The van der Waals surface area contributed by atoms with Crippen LogP contribution < -0.4 is 0 Å². The van der Waals surface area contributed by atoms with Gasteiger partial charge in [0.2, 0.25) is 0 Å². The summed E-state index contributed by atoms with van der Waals surface area (Å²) >= 11 is 0. The first kappa shape index (κ1) is 30.6. The molecule has 0 amide bonds. The molecule has 9 heteroatoms. The topological polar surface area (TPSA) is 119 Å². The maximum Gasteiger partial charge on any atom is 0.328 e. The van der Waals surface area contributed by atoms with Crippen molar-refractivity contribution < 1.29 is 38.5 Å². The molecule has 0 radical (unpaired) electrons. The molecule has 0 aliphatic heterocycles. The number of esters is 3. The summed E-state index contributed by atoms with van der Waals surface area (Å²) in [4.78, 5) is 51.4. The first-order chi connectivity index (χ1) is 14.7. The van der Waals surface area contributed by atoms with Gasteiger partial charge >= 0.3 is 23.9 Å². The Morgan fingerprint density at radius 1 is 0.818 bits per heavy atom. The summed E-state index contributed by atoms with van der Waals surface area (Å²) in [5.41, 5.74) is -4.63. The minimum absolute atomic E-state index is 0.0292. The summed E-state index contributed by atoms with van der Waals surface area (Å²) in [6.45, 7) is 16.9. The Morgan fingerprint density at radius 2 is 1.24 bits per heavy atom. The number of carboxylic acid groups (broad SMARTS) is 1. The second-order valence-electron chi connectivity index (χ2n) is 10.9. The van der Waals surface area contributed by atoms with Crippen molar-refractivity contribution in [2.75, 3.05) is 19.7 Å². The summed E-state index contributed by atoms with van der Waals surface area (Å²) < 4.78 is 16.1. The van der Waals surface area contributed by atoms with Crippen LogP contribution >= 0.6 is 0 Å². The van der Waals surface area contributed by atoms with Gasteiger partial charge in [-0.1, -0.05) is 26.8 Å². The van der Waals surface area contributed by atoms with Gasteiger partial charge in [0.1, 0.15) is 17.8 Å². The molecular weight excluding hydrogens is 430 g/mol. The van der Waals surface area contributed by atoms with Crippen molar-refractivity contribution in [1.29, 1.82) is 0 Å². The minimum Gasteiger partial charge on any atom is -0.480 e. The van der Waals surface area contributed by atoms with Crippen molar-refractivity contribution in [3.05, 3.63) is 12.7 Å². The van der Waals surface area contributed by atoms with Crippen LogP contribution in [0, 0.1) is 5.41 Å².